The smallest absolute Gasteiger partial charge is 0.276 e. The van der Waals surface area contributed by atoms with E-state index in [1.807, 2.05) is 30.5 Å². The lowest BCUT2D eigenvalue weighted by molar-refractivity contribution is 0.209. The Balaban J connectivity index is 1.36. The van der Waals surface area contributed by atoms with Crippen molar-refractivity contribution in [1.29, 1.82) is 5.41 Å². The summed E-state index contributed by atoms with van der Waals surface area (Å²) < 4.78 is 0. The molecule has 3 heterocycles. The van der Waals surface area contributed by atoms with Crippen LogP contribution in [0.5, 0.6) is 0 Å². The number of pyridine rings is 1. The van der Waals surface area contributed by atoms with Crippen LogP contribution < -0.4 is 16.2 Å². The monoisotopic (exact) mass is 485 g/mol. The van der Waals surface area contributed by atoms with Crippen LogP contribution in [0.25, 0.3) is 0 Å². The average molecular weight is 486 g/mol. The molecular formula is C23H25Cl2N7O. The molecule has 0 amide bonds. The number of hydrogen-bond acceptors (Lipinski definition) is 7. The standard InChI is InChI=1S/C23H25Cl2N7O/c24-18-5-4-15(11-19(18)25)13-28-23-30-20(12-26)21(22(33)31-23)29-16-6-9-32(10-7-16)14-17-3-1-2-8-27-17/h1-5,8,11-12,16,26,29H,6-7,9-10,13-14H2,(H2,28,30,31,33). The van der Waals surface area contributed by atoms with Crippen molar-refractivity contribution in [3.05, 3.63) is 79.9 Å². The largest absolute Gasteiger partial charge is 0.376 e. The minimum Gasteiger partial charge on any atom is -0.376 e. The van der Waals surface area contributed by atoms with Gasteiger partial charge in [-0.25, -0.2) is 4.98 Å². The predicted octanol–water partition coefficient (Wildman–Crippen LogP) is 4.16. The molecule has 0 spiro atoms. The number of piperidine rings is 1. The summed E-state index contributed by atoms with van der Waals surface area (Å²) in [5.41, 5.74) is 2.26. The zero-order valence-corrected chi connectivity index (χ0v) is 19.5. The lowest BCUT2D eigenvalue weighted by Gasteiger charge is -2.32. The Labute approximate surface area is 201 Å². The highest BCUT2D eigenvalue weighted by Gasteiger charge is 2.22. The van der Waals surface area contributed by atoms with Gasteiger partial charge < -0.3 is 16.0 Å². The third-order valence-corrected chi connectivity index (χ3v) is 6.31. The number of H-pyrrole nitrogens is 1. The van der Waals surface area contributed by atoms with Gasteiger partial charge in [0, 0.05) is 44.6 Å². The molecule has 0 radical (unpaired) electrons. The highest BCUT2D eigenvalue weighted by molar-refractivity contribution is 6.42. The second kappa shape index (κ2) is 10.8. The molecule has 33 heavy (non-hydrogen) atoms. The van der Waals surface area contributed by atoms with Gasteiger partial charge in [-0.15, -0.1) is 0 Å². The molecule has 0 aliphatic carbocycles. The fourth-order valence-corrected chi connectivity index (χ4v) is 4.13. The van der Waals surface area contributed by atoms with Crippen LogP contribution in [0.15, 0.2) is 47.4 Å². The third kappa shape index (κ3) is 6.10. The van der Waals surface area contributed by atoms with Gasteiger partial charge in [-0.05, 0) is 42.7 Å². The first-order valence-corrected chi connectivity index (χ1v) is 11.5. The Morgan fingerprint density at radius 2 is 2.00 bits per heavy atom. The topological polar surface area (TPSA) is 110 Å². The van der Waals surface area contributed by atoms with Crippen LogP contribution in [0.1, 0.15) is 29.8 Å². The van der Waals surface area contributed by atoms with E-state index in [1.54, 1.807) is 12.1 Å². The number of halogens is 2. The number of aromatic nitrogens is 3. The minimum atomic E-state index is -0.309. The summed E-state index contributed by atoms with van der Waals surface area (Å²) in [6, 6.07) is 11.4. The number of rotatable bonds is 8. The molecule has 0 saturated carbocycles. The van der Waals surface area contributed by atoms with Gasteiger partial charge in [-0.2, -0.15) is 0 Å². The van der Waals surface area contributed by atoms with Crippen LogP contribution in [-0.4, -0.2) is 45.2 Å². The average Bonchev–Trinajstić information content (AvgIpc) is 2.83. The quantitative estimate of drug-likeness (QED) is 0.356. The van der Waals surface area contributed by atoms with E-state index in [-0.39, 0.29) is 11.6 Å². The first-order chi connectivity index (χ1) is 16.0. The molecule has 0 bridgehead atoms. The maximum Gasteiger partial charge on any atom is 0.276 e. The van der Waals surface area contributed by atoms with E-state index in [1.165, 1.54) is 0 Å². The van der Waals surface area contributed by atoms with Gasteiger partial charge in [-0.1, -0.05) is 35.3 Å². The van der Waals surface area contributed by atoms with Crippen LogP contribution in [0.3, 0.4) is 0 Å². The van der Waals surface area contributed by atoms with Gasteiger partial charge in [-0.3, -0.25) is 19.7 Å². The summed E-state index contributed by atoms with van der Waals surface area (Å²) in [6.07, 6.45) is 4.69. The fraction of sp³-hybridized carbons (Fsp3) is 0.304. The van der Waals surface area contributed by atoms with Crippen molar-refractivity contribution in [3.8, 4) is 0 Å². The molecule has 1 aliphatic rings. The molecule has 1 aliphatic heterocycles. The molecule has 4 N–H and O–H groups in total. The van der Waals surface area contributed by atoms with Crippen molar-refractivity contribution < 1.29 is 0 Å². The van der Waals surface area contributed by atoms with E-state index in [4.69, 9.17) is 28.6 Å². The van der Waals surface area contributed by atoms with E-state index in [0.717, 1.165) is 49.9 Å². The Bertz CT molecular complexity index is 1160. The third-order valence-electron chi connectivity index (χ3n) is 5.58. The van der Waals surface area contributed by atoms with E-state index >= 15 is 0 Å². The van der Waals surface area contributed by atoms with Crippen LogP contribution in [-0.2, 0) is 13.1 Å². The lowest BCUT2D eigenvalue weighted by atomic mass is 10.0. The van der Waals surface area contributed by atoms with Crippen molar-refractivity contribution in [2.24, 2.45) is 0 Å². The number of nitrogens with zero attached hydrogens (tertiary/aromatic N) is 3. The van der Waals surface area contributed by atoms with Gasteiger partial charge in [0.25, 0.3) is 5.56 Å². The van der Waals surface area contributed by atoms with Crippen LogP contribution in [0, 0.1) is 5.41 Å². The minimum absolute atomic E-state index is 0.140. The second-order valence-corrected chi connectivity index (χ2v) is 8.75. The number of likely N-dealkylation sites (tertiary alicyclic amines) is 1. The first kappa shape index (κ1) is 23.2. The Morgan fingerprint density at radius 3 is 2.70 bits per heavy atom. The number of aromatic amines is 1. The van der Waals surface area contributed by atoms with E-state index in [9.17, 15) is 4.79 Å². The summed E-state index contributed by atoms with van der Waals surface area (Å²) in [5, 5.41) is 15.1. The normalized spacial score (nSPS) is 14.7. The molecule has 172 valence electrons. The molecule has 3 aromatic rings. The highest BCUT2D eigenvalue weighted by Crippen LogP contribution is 2.23. The van der Waals surface area contributed by atoms with Gasteiger partial charge >= 0.3 is 0 Å². The Kier molecular flexibility index (Phi) is 7.59. The molecule has 0 atom stereocenters. The van der Waals surface area contributed by atoms with Crippen molar-refractivity contribution in [2.75, 3.05) is 23.7 Å². The fourth-order valence-electron chi connectivity index (χ4n) is 3.81. The zero-order chi connectivity index (χ0) is 23.2. The second-order valence-electron chi connectivity index (χ2n) is 7.94. The van der Waals surface area contributed by atoms with Crippen molar-refractivity contribution in [2.45, 2.75) is 32.0 Å². The van der Waals surface area contributed by atoms with Crippen LogP contribution in [0.4, 0.5) is 11.6 Å². The van der Waals surface area contributed by atoms with Crippen molar-refractivity contribution >= 4 is 41.1 Å². The summed E-state index contributed by atoms with van der Waals surface area (Å²) in [5.74, 6) is 0.292. The predicted molar refractivity (Wildman–Crippen MR) is 133 cm³/mol. The lowest BCUT2D eigenvalue weighted by Crippen LogP contribution is -2.40. The first-order valence-electron chi connectivity index (χ1n) is 10.7. The molecular weight excluding hydrogens is 461 g/mol. The van der Waals surface area contributed by atoms with Crippen molar-refractivity contribution in [1.82, 2.24) is 19.9 Å². The van der Waals surface area contributed by atoms with E-state index in [0.29, 0.717) is 33.9 Å². The molecule has 1 saturated heterocycles. The molecule has 10 heteroatoms. The van der Waals surface area contributed by atoms with Crippen molar-refractivity contribution in [3.63, 3.8) is 0 Å². The number of anilines is 2. The zero-order valence-electron chi connectivity index (χ0n) is 17.9. The molecule has 0 unspecified atom stereocenters. The maximum absolute atomic E-state index is 12.8. The van der Waals surface area contributed by atoms with E-state index in [2.05, 4.69) is 30.5 Å². The SMILES string of the molecule is N=Cc1nc(NCc2ccc(Cl)c(Cl)c2)[nH]c(=O)c1NC1CCN(Cc2ccccn2)CC1. The number of hydrogen-bond donors (Lipinski definition) is 4. The molecule has 1 aromatic carbocycles. The summed E-state index contributed by atoms with van der Waals surface area (Å²) >= 11 is 12.0. The van der Waals surface area contributed by atoms with Crippen LogP contribution >= 0.6 is 23.2 Å². The summed E-state index contributed by atoms with van der Waals surface area (Å²) in [4.78, 5) is 26.6. The molecule has 1 fully saturated rings. The number of nitrogens with one attached hydrogen (secondary N) is 4. The summed E-state index contributed by atoms with van der Waals surface area (Å²) in [7, 11) is 0. The van der Waals surface area contributed by atoms with Gasteiger partial charge in [0.2, 0.25) is 5.95 Å². The molecule has 4 rings (SSSR count). The maximum atomic E-state index is 12.8. The summed E-state index contributed by atoms with van der Waals surface area (Å²) in [6.45, 7) is 3.03. The Hall–Kier alpha value is -2.94. The van der Waals surface area contributed by atoms with Gasteiger partial charge in [0.1, 0.15) is 11.4 Å². The number of benzene rings is 1. The van der Waals surface area contributed by atoms with Crippen LogP contribution in [0.2, 0.25) is 10.0 Å². The highest BCUT2D eigenvalue weighted by atomic mass is 35.5. The Morgan fingerprint density at radius 1 is 1.18 bits per heavy atom. The van der Waals surface area contributed by atoms with E-state index < -0.39 is 0 Å². The molecule has 8 nitrogen and oxygen atoms in total. The molecule has 2 aromatic heterocycles. The van der Waals surface area contributed by atoms with Gasteiger partial charge in [0.05, 0.1) is 15.7 Å². The van der Waals surface area contributed by atoms with Gasteiger partial charge in [0.15, 0.2) is 0 Å².